The van der Waals surface area contributed by atoms with Crippen LogP contribution in [0.1, 0.15) is 30.1 Å². The second-order valence-electron chi connectivity index (χ2n) is 4.69. The van der Waals surface area contributed by atoms with E-state index in [1.807, 2.05) is 29.2 Å². The zero-order valence-electron chi connectivity index (χ0n) is 10.4. The molecule has 1 saturated heterocycles. The third-order valence-corrected chi connectivity index (χ3v) is 3.92. The highest BCUT2D eigenvalue weighted by atomic mass is 79.9. The van der Waals surface area contributed by atoms with Gasteiger partial charge in [0.25, 0.3) is 5.91 Å². The molecule has 1 amide bonds. The van der Waals surface area contributed by atoms with Gasteiger partial charge in [0, 0.05) is 29.0 Å². The number of nitrogens with zero attached hydrogens (tertiary/aromatic N) is 1. The van der Waals surface area contributed by atoms with Gasteiger partial charge in [0.15, 0.2) is 0 Å². The molecule has 0 N–H and O–H groups in total. The monoisotopic (exact) mass is 309 g/mol. The SMILES string of the molecule is CC(=O)C1CCN(C(=O)c2cccc(Br)c2)CC1. The highest BCUT2D eigenvalue weighted by Crippen LogP contribution is 2.20. The molecule has 3 nitrogen and oxygen atoms in total. The van der Waals surface area contributed by atoms with E-state index in [1.165, 1.54) is 0 Å². The van der Waals surface area contributed by atoms with Gasteiger partial charge in [-0.3, -0.25) is 9.59 Å². The smallest absolute Gasteiger partial charge is 0.253 e. The molecule has 1 aromatic carbocycles. The van der Waals surface area contributed by atoms with E-state index >= 15 is 0 Å². The van der Waals surface area contributed by atoms with E-state index in [0.717, 1.165) is 17.3 Å². The van der Waals surface area contributed by atoms with Crippen LogP contribution in [0.4, 0.5) is 0 Å². The summed E-state index contributed by atoms with van der Waals surface area (Å²) in [6.45, 7) is 2.99. The minimum Gasteiger partial charge on any atom is -0.339 e. The Kier molecular flexibility index (Phi) is 4.17. The second-order valence-corrected chi connectivity index (χ2v) is 5.60. The van der Waals surface area contributed by atoms with Gasteiger partial charge >= 0.3 is 0 Å². The average Bonchev–Trinajstić information content (AvgIpc) is 2.38. The van der Waals surface area contributed by atoms with Crippen molar-refractivity contribution in [2.75, 3.05) is 13.1 Å². The first-order chi connectivity index (χ1) is 8.58. The lowest BCUT2D eigenvalue weighted by Crippen LogP contribution is -2.39. The van der Waals surface area contributed by atoms with Crippen LogP contribution in [0, 0.1) is 5.92 Å². The Morgan fingerprint density at radius 1 is 1.28 bits per heavy atom. The molecule has 1 heterocycles. The van der Waals surface area contributed by atoms with E-state index in [2.05, 4.69) is 15.9 Å². The molecule has 0 aromatic heterocycles. The van der Waals surface area contributed by atoms with Crippen molar-refractivity contribution in [3.63, 3.8) is 0 Å². The molecule has 0 unspecified atom stereocenters. The number of carbonyl (C=O) groups excluding carboxylic acids is 2. The minimum absolute atomic E-state index is 0.0540. The molecule has 0 saturated carbocycles. The molecule has 18 heavy (non-hydrogen) atoms. The van der Waals surface area contributed by atoms with Gasteiger partial charge in [0.2, 0.25) is 0 Å². The third-order valence-electron chi connectivity index (χ3n) is 3.43. The number of hydrogen-bond donors (Lipinski definition) is 0. The van der Waals surface area contributed by atoms with Crippen LogP contribution in [0.2, 0.25) is 0 Å². The van der Waals surface area contributed by atoms with E-state index < -0.39 is 0 Å². The van der Waals surface area contributed by atoms with E-state index in [-0.39, 0.29) is 17.6 Å². The normalized spacial score (nSPS) is 16.7. The zero-order chi connectivity index (χ0) is 13.1. The minimum atomic E-state index is 0.0540. The molecule has 1 aliphatic heterocycles. The molecule has 2 rings (SSSR count). The van der Waals surface area contributed by atoms with Crippen LogP contribution < -0.4 is 0 Å². The fourth-order valence-electron chi connectivity index (χ4n) is 2.29. The standard InChI is InChI=1S/C14H16BrNO2/c1-10(17)11-5-7-16(8-6-11)14(18)12-3-2-4-13(15)9-12/h2-4,9,11H,5-8H2,1H3. The number of amides is 1. The fourth-order valence-corrected chi connectivity index (χ4v) is 2.69. The molecular weight excluding hydrogens is 294 g/mol. The molecule has 0 atom stereocenters. The summed E-state index contributed by atoms with van der Waals surface area (Å²) in [4.78, 5) is 25.4. The summed E-state index contributed by atoms with van der Waals surface area (Å²) >= 11 is 3.37. The summed E-state index contributed by atoms with van der Waals surface area (Å²) in [5.41, 5.74) is 0.700. The number of rotatable bonds is 2. The van der Waals surface area contributed by atoms with Crippen molar-refractivity contribution in [1.29, 1.82) is 0 Å². The van der Waals surface area contributed by atoms with Gasteiger partial charge in [-0.25, -0.2) is 0 Å². The van der Waals surface area contributed by atoms with Crippen LogP contribution in [0.3, 0.4) is 0 Å². The van der Waals surface area contributed by atoms with E-state index in [9.17, 15) is 9.59 Å². The largest absolute Gasteiger partial charge is 0.339 e. The Morgan fingerprint density at radius 3 is 2.50 bits per heavy atom. The van der Waals surface area contributed by atoms with Crippen molar-refractivity contribution in [3.05, 3.63) is 34.3 Å². The fraction of sp³-hybridized carbons (Fsp3) is 0.429. The Labute approximate surface area is 115 Å². The predicted octanol–water partition coefficient (Wildman–Crippen LogP) is 2.89. The number of halogens is 1. The second kappa shape index (κ2) is 5.65. The maximum Gasteiger partial charge on any atom is 0.253 e. The van der Waals surface area contributed by atoms with Crippen molar-refractivity contribution in [2.45, 2.75) is 19.8 Å². The van der Waals surface area contributed by atoms with Gasteiger partial charge in [0.05, 0.1) is 0 Å². The van der Waals surface area contributed by atoms with Crippen LogP contribution >= 0.6 is 15.9 Å². The van der Waals surface area contributed by atoms with Crippen LogP contribution in [0.5, 0.6) is 0 Å². The number of carbonyl (C=O) groups is 2. The van der Waals surface area contributed by atoms with Crippen molar-refractivity contribution in [3.8, 4) is 0 Å². The summed E-state index contributed by atoms with van der Waals surface area (Å²) in [6, 6.07) is 7.42. The third kappa shape index (κ3) is 2.99. The number of Topliss-reactive ketones (excluding diaryl/α,β-unsaturated/α-hetero) is 1. The molecule has 0 radical (unpaired) electrons. The predicted molar refractivity (Wildman–Crippen MR) is 73.5 cm³/mol. The molecule has 96 valence electrons. The maximum atomic E-state index is 12.2. The van der Waals surface area contributed by atoms with Crippen LogP contribution in [0.25, 0.3) is 0 Å². The molecule has 0 spiro atoms. The molecule has 4 heteroatoms. The summed E-state index contributed by atoms with van der Waals surface area (Å²) in [5, 5.41) is 0. The molecule has 1 fully saturated rings. The first-order valence-electron chi connectivity index (χ1n) is 6.13. The van der Waals surface area contributed by atoms with Gasteiger partial charge in [-0.15, -0.1) is 0 Å². The Bertz CT molecular complexity index is 465. The number of benzene rings is 1. The number of likely N-dealkylation sites (tertiary alicyclic amines) is 1. The van der Waals surface area contributed by atoms with Crippen molar-refractivity contribution in [1.82, 2.24) is 4.90 Å². The number of piperidine rings is 1. The number of ketones is 1. The summed E-state index contributed by atoms with van der Waals surface area (Å²) in [7, 11) is 0. The molecule has 0 bridgehead atoms. The molecular formula is C14H16BrNO2. The van der Waals surface area contributed by atoms with Crippen molar-refractivity contribution >= 4 is 27.6 Å². The van der Waals surface area contributed by atoms with Gasteiger partial charge < -0.3 is 4.90 Å². The Hall–Kier alpha value is -1.16. The topological polar surface area (TPSA) is 37.4 Å². The maximum absolute atomic E-state index is 12.2. The molecule has 1 aromatic rings. The van der Waals surface area contributed by atoms with E-state index in [4.69, 9.17) is 0 Å². The first kappa shape index (κ1) is 13.3. The zero-order valence-corrected chi connectivity index (χ0v) is 11.9. The van der Waals surface area contributed by atoms with Crippen LogP contribution in [-0.2, 0) is 4.79 Å². The highest BCUT2D eigenvalue weighted by molar-refractivity contribution is 9.10. The lowest BCUT2D eigenvalue weighted by atomic mass is 9.93. The van der Waals surface area contributed by atoms with E-state index in [0.29, 0.717) is 18.7 Å². The quantitative estimate of drug-likeness (QED) is 0.842. The van der Waals surface area contributed by atoms with Gasteiger partial charge in [0.1, 0.15) is 5.78 Å². The van der Waals surface area contributed by atoms with Gasteiger partial charge in [-0.2, -0.15) is 0 Å². The van der Waals surface area contributed by atoms with Gasteiger partial charge in [-0.05, 0) is 38.0 Å². The number of hydrogen-bond acceptors (Lipinski definition) is 2. The van der Waals surface area contributed by atoms with E-state index in [1.54, 1.807) is 6.92 Å². The summed E-state index contributed by atoms with van der Waals surface area (Å²) in [5.74, 6) is 0.430. The average molecular weight is 310 g/mol. The molecule has 0 aliphatic carbocycles. The molecule has 1 aliphatic rings. The van der Waals surface area contributed by atoms with Gasteiger partial charge in [-0.1, -0.05) is 22.0 Å². The summed E-state index contributed by atoms with van der Waals surface area (Å²) in [6.07, 6.45) is 1.57. The highest BCUT2D eigenvalue weighted by Gasteiger charge is 2.25. The Morgan fingerprint density at radius 2 is 1.94 bits per heavy atom. The van der Waals surface area contributed by atoms with Crippen molar-refractivity contribution in [2.24, 2.45) is 5.92 Å². The summed E-state index contributed by atoms with van der Waals surface area (Å²) < 4.78 is 0.909. The lowest BCUT2D eigenvalue weighted by molar-refractivity contribution is -0.121. The van der Waals surface area contributed by atoms with Crippen LogP contribution in [0.15, 0.2) is 28.7 Å². The first-order valence-corrected chi connectivity index (χ1v) is 6.92. The lowest BCUT2D eigenvalue weighted by Gasteiger charge is -2.31. The van der Waals surface area contributed by atoms with Crippen molar-refractivity contribution < 1.29 is 9.59 Å². The Balaban J connectivity index is 2.02. The van der Waals surface area contributed by atoms with Crippen LogP contribution in [-0.4, -0.2) is 29.7 Å².